The minimum Gasteiger partial charge on any atom is -0.449 e. The van der Waals surface area contributed by atoms with Crippen LogP contribution in [0.3, 0.4) is 0 Å². The van der Waals surface area contributed by atoms with Crippen molar-refractivity contribution in [3.63, 3.8) is 0 Å². The highest BCUT2D eigenvalue weighted by Gasteiger charge is 2.30. The summed E-state index contributed by atoms with van der Waals surface area (Å²) in [6, 6.07) is 0.190. The monoisotopic (exact) mass is 513 g/mol. The average Bonchev–Trinajstić information content (AvgIpc) is 3.21. The maximum atomic E-state index is 13.0. The molecule has 0 radical (unpaired) electrons. The molecule has 0 aliphatic heterocycles. The molecule has 1 saturated carbocycles. The van der Waals surface area contributed by atoms with Crippen molar-refractivity contribution in [1.29, 1.82) is 0 Å². The van der Waals surface area contributed by atoms with Crippen molar-refractivity contribution < 1.29 is 23.5 Å². The van der Waals surface area contributed by atoms with Crippen molar-refractivity contribution in [3.8, 4) is 0 Å². The summed E-state index contributed by atoms with van der Waals surface area (Å²) >= 11 is 5.80. The number of rotatable bonds is 10. The lowest BCUT2D eigenvalue weighted by atomic mass is 9.94. The molecule has 0 unspecified atom stereocenters. The highest BCUT2D eigenvalue weighted by atomic mass is 35.5. The predicted octanol–water partition coefficient (Wildman–Crippen LogP) is 6.54. The van der Waals surface area contributed by atoms with E-state index in [-0.39, 0.29) is 18.2 Å². The number of aryl methyl sites for hydroxylation is 1. The lowest BCUT2D eigenvalue weighted by molar-refractivity contribution is 0.00997. The quantitative estimate of drug-likeness (QED) is 0.330. The fraction of sp³-hybridized carbons (Fsp3) is 0.808. The fourth-order valence-corrected chi connectivity index (χ4v) is 4.26. The number of hydrogen-bond donors (Lipinski definition) is 0. The van der Waals surface area contributed by atoms with Crippen LogP contribution < -0.4 is 0 Å². The number of carbonyl (C=O) groups excluding carboxylic acids is 2. The largest absolute Gasteiger partial charge is 0.449 e. The second-order valence-corrected chi connectivity index (χ2v) is 11.5. The van der Waals surface area contributed by atoms with Gasteiger partial charge in [0.15, 0.2) is 5.89 Å². The molecule has 8 nitrogen and oxygen atoms in total. The molecular formula is C26H44ClN3O5. The van der Waals surface area contributed by atoms with E-state index in [1.54, 1.807) is 11.2 Å². The minimum absolute atomic E-state index is 0.190. The summed E-state index contributed by atoms with van der Waals surface area (Å²) in [4.78, 5) is 33.8. The third kappa shape index (κ3) is 11.1. The second-order valence-electron chi connectivity index (χ2n) is 11.3. The molecule has 0 aromatic carbocycles. The summed E-state index contributed by atoms with van der Waals surface area (Å²) in [5.74, 6) is 0.918. The standard InChI is InChI=1S/C26H44ClN3O5/c1-25(2,3)34-23(31)29(15-10-14-22-28-20(18-27)19-33-22)16-11-17-30(21-12-8-7-9-13-21)24(32)35-26(4,5)6/h19,21H,7-18H2,1-6H3. The number of nitrogens with zero attached hydrogens (tertiary/aromatic N) is 3. The summed E-state index contributed by atoms with van der Waals surface area (Å²) in [6.07, 6.45) is 8.31. The molecule has 0 bridgehead atoms. The Morgan fingerprint density at radius 3 is 2.14 bits per heavy atom. The SMILES string of the molecule is CC(C)(C)OC(=O)N(CCCc1nc(CCl)co1)CCCN(C(=O)OC(C)(C)C)C1CCCCC1. The van der Waals surface area contributed by atoms with Crippen molar-refractivity contribution in [2.24, 2.45) is 0 Å². The molecule has 1 aliphatic rings. The molecule has 0 spiro atoms. The van der Waals surface area contributed by atoms with Gasteiger partial charge in [-0.3, -0.25) is 0 Å². The molecule has 0 atom stereocenters. The molecule has 1 aromatic heterocycles. The number of hydrogen-bond acceptors (Lipinski definition) is 6. The van der Waals surface area contributed by atoms with E-state index in [0.717, 1.165) is 25.7 Å². The van der Waals surface area contributed by atoms with Crippen LogP contribution in [0.4, 0.5) is 9.59 Å². The molecule has 35 heavy (non-hydrogen) atoms. The third-order valence-electron chi connectivity index (χ3n) is 5.68. The first-order valence-electron chi connectivity index (χ1n) is 12.8. The molecule has 1 heterocycles. The van der Waals surface area contributed by atoms with Crippen LogP contribution in [0.25, 0.3) is 0 Å². The van der Waals surface area contributed by atoms with E-state index in [1.807, 2.05) is 46.4 Å². The Morgan fingerprint density at radius 1 is 0.971 bits per heavy atom. The van der Waals surface area contributed by atoms with Gasteiger partial charge in [-0.25, -0.2) is 14.6 Å². The highest BCUT2D eigenvalue weighted by Crippen LogP contribution is 2.25. The van der Waals surface area contributed by atoms with Crippen LogP contribution in [0.2, 0.25) is 0 Å². The van der Waals surface area contributed by atoms with E-state index in [1.165, 1.54) is 6.42 Å². The smallest absolute Gasteiger partial charge is 0.410 e. The number of aromatic nitrogens is 1. The van der Waals surface area contributed by atoms with E-state index in [0.29, 0.717) is 56.4 Å². The highest BCUT2D eigenvalue weighted by molar-refractivity contribution is 6.16. The molecule has 9 heteroatoms. The van der Waals surface area contributed by atoms with Gasteiger partial charge in [0.25, 0.3) is 0 Å². The molecule has 2 amide bonds. The predicted molar refractivity (Wildman–Crippen MR) is 137 cm³/mol. The van der Waals surface area contributed by atoms with E-state index in [4.69, 9.17) is 25.5 Å². The fourth-order valence-electron chi connectivity index (χ4n) is 4.14. The Balaban J connectivity index is 1.99. The van der Waals surface area contributed by atoms with Crippen LogP contribution in [0, 0.1) is 0 Å². The van der Waals surface area contributed by atoms with Gasteiger partial charge in [0.1, 0.15) is 17.5 Å². The van der Waals surface area contributed by atoms with E-state index < -0.39 is 11.2 Å². The van der Waals surface area contributed by atoms with Crippen molar-refractivity contribution in [3.05, 3.63) is 17.8 Å². The van der Waals surface area contributed by atoms with Crippen LogP contribution in [-0.4, -0.2) is 63.8 Å². The number of carbonyl (C=O) groups is 2. The summed E-state index contributed by atoms with van der Waals surface area (Å²) < 4.78 is 16.8. The van der Waals surface area contributed by atoms with E-state index >= 15 is 0 Å². The third-order valence-corrected chi connectivity index (χ3v) is 5.95. The zero-order valence-electron chi connectivity index (χ0n) is 22.4. The molecule has 2 rings (SSSR count). The Kier molecular flexibility index (Phi) is 11.2. The molecule has 0 saturated heterocycles. The van der Waals surface area contributed by atoms with E-state index in [9.17, 15) is 9.59 Å². The first-order chi connectivity index (χ1) is 16.4. The summed E-state index contributed by atoms with van der Waals surface area (Å²) in [5.41, 5.74) is -0.427. The van der Waals surface area contributed by atoms with Crippen molar-refractivity contribution in [1.82, 2.24) is 14.8 Å². The lowest BCUT2D eigenvalue weighted by Crippen LogP contribution is -2.46. The topological polar surface area (TPSA) is 85.1 Å². The molecule has 1 aliphatic carbocycles. The maximum absolute atomic E-state index is 13.0. The zero-order chi connectivity index (χ0) is 26.1. The molecular weight excluding hydrogens is 470 g/mol. The van der Waals surface area contributed by atoms with Gasteiger partial charge in [-0.05, 0) is 67.2 Å². The van der Waals surface area contributed by atoms with Gasteiger partial charge in [-0.1, -0.05) is 19.3 Å². The normalized spacial score (nSPS) is 15.1. The Bertz CT molecular complexity index is 794. The maximum Gasteiger partial charge on any atom is 0.410 e. The van der Waals surface area contributed by atoms with Gasteiger partial charge in [-0.2, -0.15) is 0 Å². The average molecular weight is 514 g/mol. The Labute approximate surface area is 215 Å². The van der Waals surface area contributed by atoms with Gasteiger partial charge in [0.05, 0.1) is 11.6 Å². The van der Waals surface area contributed by atoms with E-state index in [2.05, 4.69) is 4.98 Å². The van der Waals surface area contributed by atoms with Crippen molar-refractivity contribution in [2.45, 2.75) is 116 Å². The summed E-state index contributed by atoms with van der Waals surface area (Å²) in [7, 11) is 0. The summed E-state index contributed by atoms with van der Waals surface area (Å²) in [5, 5.41) is 0. The van der Waals surface area contributed by atoms with Gasteiger partial charge in [-0.15, -0.1) is 11.6 Å². The number of amides is 2. The van der Waals surface area contributed by atoms with Gasteiger partial charge < -0.3 is 23.7 Å². The Hall–Kier alpha value is -1.96. The number of oxazole rings is 1. The first kappa shape index (κ1) is 29.3. The van der Waals surface area contributed by atoms with Gasteiger partial charge >= 0.3 is 12.2 Å². The van der Waals surface area contributed by atoms with Crippen LogP contribution in [0.1, 0.15) is 98.1 Å². The van der Waals surface area contributed by atoms with Crippen LogP contribution >= 0.6 is 11.6 Å². The number of ether oxygens (including phenoxy) is 2. The molecule has 200 valence electrons. The lowest BCUT2D eigenvalue weighted by Gasteiger charge is -2.36. The van der Waals surface area contributed by atoms with Crippen LogP contribution in [-0.2, 0) is 21.8 Å². The number of halogens is 1. The molecule has 1 aromatic rings. The zero-order valence-corrected chi connectivity index (χ0v) is 23.2. The summed E-state index contributed by atoms with van der Waals surface area (Å²) in [6.45, 7) is 12.8. The first-order valence-corrected chi connectivity index (χ1v) is 13.4. The van der Waals surface area contributed by atoms with Crippen molar-refractivity contribution >= 4 is 23.8 Å². The Morgan fingerprint density at radius 2 is 1.57 bits per heavy atom. The minimum atomic E-state index is -0.586. The second kappa shape index (κ2) is 13.4. The van der Waals surface area contributed by atoms with Crippen LogP contribution in [0.15, 0.2) is 10.7 Å². The van der Waals surface area contributed by atoms with Crippen molar-refractivity contribution in [2.75, 3.05) is 19.6 Å². The van der Waals surface area contributed by atoms with Crippen LogP contribution in [0.5, 0.6) is 0 Å². The van der Waals surface area contributed by atoms with Gasteiger partial charge in [0, 0.05) is 32.1 Å². The number of alkyl halides is 1. The molecule has 1 fully saturated rings. The molecule has 0 N–H and O–H groups in total. The van der Waals surface area contributed by atoms with Gasteiger partial charge in [0.2, 0.25) is 0 Å².